The zero-order valence-corrected chi connectivity index (χ0v) is 18.6. The van der Waals surface area contributed by atoms with E-state index >= 15 is 0 Å². The van der Waals surface area contributed by atoms with Crippen LogP contribution in [-0.4, -0.2) is 31.5 Å². The molecule has 5 rings (SSSR count). The maximum Gasteiger partial charge on any atom is 0.255 e. The maximum atomic E-state index is 13.0. The summed E-state index contributed by atoms with van der Waals surface area (Å²) in [4.78, 5) is 31.2. The highest BCUT2D eigenvalue weighted by Gasteiger charge is 2.22. The van der Waals surface area contributed by atoms with Crippen LogP contribution < -0.4 is 5.56 Å². The third-order valence-corrected chi connectivity index (χ3v) is 6.50. The van der Waals surface area contributed by atoms with E-state index in [4.69, 9.17) is 0 Å². The highest BCUT2D eigenvalue weighted by atomic mass is 16.2. The fourth-order valence-corrected chi connectivity index (χ4v) is 4.69. The monoisotopic (exact) mass is 426 g/mol. The van der Waals surface area contributed by atoms with Crippen molar-refractivity contribution >= 4 is 16.8 Å². The van der Waals surface area contributed by atoms with Crippen molar-refractivity contribution < 1.29 is 4.79 Å². The van der Waals surface area contributed by atoms with Crippen LogP contribution in [0.1, 0.15) is 30.3 Å². The molecule has 1 aromatic carbocycles. The molecule has 0 unspecified atom stereocenters. The molecule has 0 bridgehead atoms. The molecule has 0 N–H and O–H groups in total. The van der Waals surface area contributed by atoms with Crippen molar-refractivity contribution in [2.24, 2.45) is 7.05 Å². The quantitative estimate of drug-likeness (QED) is 0.487. The second-order valence-corrected chi connectivity index (χ2v) is 8.54. The molecule has 6 heteroatoms. The summed E-state index contributed by atoms with van der Waals surface area (Å²) < 4.78 is 3.89. The topological polar surface area (TPSA) is 60.1 Å². The zero-order valence-electron chi connectivity index (χ0n) is 18.6. The predicted octanol–water partition coefficient (Wildman–Crippen LogP) is 3.99. The fourth-order valence-electron chi connectivity index (χ4n) is 4.69. The summed E-state index contributed by atoms with van der Waals surface area (Å²) in [7, 11) is 2.07. The number of fused-ring (bicyclic) bond motifs is 3. The van der Waals surface area contributed by atoms with E-state index in [0.717, 1.165) is 52.8 Å². The first kappa shape index (κ1) is 20.2. The SMILES string of the molecule is CC(=O)N1CCCc2c(c3ccc(-n4ccc(-c5ccc(C)nc5)cc4=O)cc3n2C)C1. The van der Waals surface area contributed by atoms with Crippen LogP contribution in [0.25, 0.3) is 27.7 Å². The van der Waals surface area contributed by atoms with Crippen molar-refractivity contribution in [3.8, 4) is 16.8 Å². The van der Waals surface area contributed by atoms with Crippen molar-refractivity contribution in [2.75, 3.05) is 6.54 Å². The maximum absolute atomic E-state index is 13.0. The van der Waals surface area contributed by atoms with Crippen molar-refractivity contribution in [3.63, 3.8) is 0 Å². The van der Waals surface area contributed by atoms with Gasteiger partial charge < -0.3 is 9.47 Å². The first-order chi connectivity index (χ1) is 15.4. The van der Waals surface area contributed by atoms with Gasteiger partial charge in [0.05, 0.1) is 11.2 Å². The second kappa shape index (κ2) is 7.79. The van der Waals surface area contributed by atoms with E-state index in [9.17, 15) is 9.59 Å². The smallest absolute Gasteiger partial charge is 0.255 e. The fraction of sp³-hybridized carbons (Fsp3) is 0.269. The Morgan fingerprint density at radius 2 is 1.91 bits per heavy atom. The molecule has 0 atom stereocenters. The van der Waals surface area contributed by atoms with Crippen LogP contribution in [0.4, 0.5) is 0 Å². The van der Waals surface area contributed by atoms with Gasteiger partial charge in [0.15, 0.2) is 0 Å². The number of aromatic nitrogens is 3. The molecule has 0 aliphatic carbocycles. The van der Waals surface area contributed by atoms with Gasteiger partial charge in [0.1, 0.15) is 0 Å². The molecule has 4 heterocycles. The normalized spacial score (nSPS) is 13.8. The molecular formula is C26H26N4O2. The third kappa shape index (κ3) is 3.42. The number of nitrogens with zero attached hydrogens (tertiary/aromatic N) is 4. The van der Waals surface area contributed by atoms with Crippen LogP contribution in [0.3, 0.4) is 0 Å². The Hall–Kier alpha value is -3.67. The van der Waals surface area contributed by atoms with Gasteiger partial charge in [0.25, 0.3) is 5.56 Å². The lowest BCUT2D eigenvalue weighted by molar-refractivity contribution is -0.129. The van der Waals surface area contributed by atoms with E-state index in [2.05, 4.69) is 28.7 Å². The minimum Gasteiger partial charge on any atom is -0.347 e. The van der Waals surface area contributed by atoms with Gasteiger partial charge in [-0.15, -0.1) is 0 Å². The summed E-state index contributed by atoms with van der Waals surface area (Å²) in [5, 5.41) is 1.15. The van der Waals surface area contributed by atoms with E-state index in [-0.39, 0.29) is 11.5 Å². The van der Waals surface area contributed by atoms with Crippen LogP contribution >= 0.6 is 0 Å². The lowest BCUT2D eigenvalue weighted by Crippen LogP contribution is -2.28. The minimum absolute atomic E-state index is 0.0825. The lowest BCUT2D eigenvalue weighted by Gasteiger charge is -2.18. The minimum atomic E-state index is -0.0825. The number of pyridine rings is 2. The Morgan fingerprint density at radius 3 is 2.62 bits per heavy atom. The van der Waals surface area contributed by atoms with Crippen LogP contribution in [0.5, 0.6) is 0 Å². The molecule has 0 saturated heterocycles. The van der Waals surface area contributed by atoms with Gasteiger partial charge in [0.2, 0.25) is 5.91 Å². The third-order valence-electron chi connectivity index (χ3n) is 6.50. The molecular weight excluding hydrogens is 400 g/mol. The van der Waals surface area contributed by atoms with Gasteiger partial charge in [-0.3, -0.25) is 19.1 Å². The zero-order chi connectivity index (χ0) is 22.4. The molecule has 1 aliphatic rings. The van der Waals surface area contributed by atoms with Crippen molar-refractivity contribution in [1.29, 1.82) is 0 Å². The summed E-state index contributed by atoms with van der Waals surface area (Å²) in [6.07, 6.45) is 5.52. The average molecular weight is 427 g/mol. The number of benzene rings is 1. The number of rotatable bonds is 2. The summed E-state index contributed by atoms with van der Waals surface area (Å²) >= 11 is 0. The molecule has 0 radical (unpaired) electrons. The summed E-state index contributed by atoms with van der Waals surface area (Å²) in [5.41, 5.74) is 7.05. The standard InChI is InChI=1S/C26H26N4O2/c1-17-6-7-20(15-27-17)19-10-12-30(26(32)13-19)21-8-9-22-23-16-29(18(2)31)11-4-5-24(23)28(3)25(22)14-21/h6-10,12-15H,4-5,11,16H2,1-3H3. The molecule has 1 aliphatic heterocycles. The molecule has 0 spiro atoms. The van der Waals surface area contributed by atoms with Crippen molar-refractivity contribution in [3.05, 3.63) is 82.2 Å². The number of carbonyl (C=O) groups excluding carboxylic acids is 1. The summed E-state index contributed by atoms with van der Waals surface area (Å²) in [6, 6.07) is 13.7. The summed E-state index contributed by atoms with van der Waals surface area (Å²) in [6.45, 7) is 5.01. The van der Waals surface area contributed by atoms with Gasteiger partial charge in [-0.05, 0) is 49.6 Å². The molecule has 3 aromatic heterocycles. The van der Waals surface area contributed by atoms with Gasteiger partial charge in [-0.1, -0.05) is 12.1 Å². The van der Waals surface area contributed by atoms with Gasteiger partial charge in [-0.2, -0.15) is 0 Å². The Labute approximate surface area is 186 Å². The first-order valence-corrected chi connectivity index (χ1v) is 10.9. The molecule has 6 nitrogen and oxygen atoms in total. The number of amides is 1. The molecule has 32 heavy (non-hydrogen) atoms. The van der Waals surface area contributed by atoms with E-state index in [0.29, 0.717) is 6.54 Å². The summed E-state index contributed by atoms with van der Waals surface area (Å²) in [5.74, 6) is 0.113. The van der Waals surface area contributed by atoms with E-state index in [1.165, 1.54) is 11.3 Å². The van der Waals surface area contributed by atoms with Gasteiger partial charge in [0, 0.05) is 73.4 Å². The average Bonchev–Trinajstić information content (AvgIpc) is 2.93. The number of hydrogen-bond donors (Lipinski definition) is 0. The van der Waals surface area contributed by atoms with E-state index < -0.39 is 0 Å². The van der Waals surface area contributed by atoms with E-state index in [1.807, 2.05) is 42.3 Å². The van der Waals surface area contributed by atoms with Crippen LogP contribution in [0.2, 0.25) is 0 Å². The Morgan fingerprint density at radius 1 is 1.06 bits per heavy atom. The largest absolute Gasteiger partial charge is 0.347 e. The van der Waals surface area contributed by atoms with Crippen molar-refractivity contribution in [2.45, 2.75) is 33.2 Å². The molecule has 4 aromatic rings. The number of carbonyl (C=O) groups is 1. The van der Waals surface area contributed by atoms with Crippen molar-refractivity contribution in [1.82, 2.24) is 19.0 Å². The highest BCUT2D eigenvalue weighted by molar-refractivity contribution is 5.88. The lowest BCUT2D eigenvalue weighted by atomic mass is 10.1. The number of hydrogen-bond acceptors (Lipinski definition) is 3. The van der Waals surface area contributed by atoms with Gasteiger partial charge >= 0.3 is 0 Å². The predicted molar refractivity (Wildman–Crippen MR) is 126 cm³/mol. The molecule has 162 valence electrons. The van der Waals surface area contributed by atoms with Crippen LogP contribution in [0.15, 0.2) is 59.7 Å². The molecule has 0 fully saturated rings. The second-order valence-electron chi connectivity index (χ2n) is 8.54. The Kier molecular flexibility index (Phi) is 4.93. The van der Waals surface area contributed by atoms with Crippen LogP contribution in [0, 0.1) is 6.92 Å². The molecule has 1 amide bonds. The van der Waals surface area contributed by atoms with Gasteiger partial charge in [-0.25, -0.2) is 0 Å². The first-order valence-electron chi connectivity index (χ1n) is 10.9. The Bertz CT molecular complexity index is 1400. The highest BCUT2D eigenvalue weighted by Crippen LogP contribution is 2.31. The molecule has 0 saturated carbocycles. The van der Waals surface area contributed by atoms with E-state index in [1.54, 1.807) is 23.8 Å². The van der Waals surface area contributed by atoms with Crippen LogP contribution in [-0.2, 0) is 24.8 Å². The Balaban J connectivity index is 1.56. The number of aryl methyl sites for hydroxylation is 2.